The molecule has 5 nitrogen and oxygen atoms in total. The first kappa shape index (κ1) is 13.9. The number of anilines is 1. The van der Waals surface area contributed by atoms with E-state index >= 15 is 0 Å². The Balaban J connectivity index is 2.12. The molecule has 2 heterocycles. The Morgan fingerprint density at radius 2 is 1.81 bits per heavy atom. The lowest BCUT2D eigenvalue weighted by atomic mass is 9.74. The fourth-order valence-corrected chi connectivity index (χ4v) is 3.77. The molecule has 0 aliphatic carbocycles. The minimum atomic E-state index is -1.27. The minimum absolute atomic E-state index is 0.324. The summed E-state index contributed by atoms with van der Waals surface area (Å²) in [5, 5.41) is 0. The summed E-state index contributed by atoms with van der Waals surface area (Å²) in [6, 6.07) is 7.63. The van der Waals surface area contributed by atoms with Gasteiger partial charge in [0.05, 0.1) is 20.3 Å². The summed E-state index contributed by atoms with van der Waals surface area (Å²) in [6.45, 7) is 2.60. The van der Waals surface area contributed by atoms with E-state index in [0.717, 1.165) is 17.2 Å². The fraction of sp³-hybridized carbons (Fsp3) is 0.438. The van der Waals surface area contributed by atoms with Crippen molar-refractivity contribution in [3.05, 3.63) is 35.7 Å². The molecule has 0 bridgehead atoms. The Kier molecular flexibility index (Phi) is 3.15. The van der Waals surface area contributed by atoms with Crippen molar-refractivity contribution in [1.82, 2.24) is 0 Å². The van der Waals surface area contributed by atoms with Crippen LogP contribution in [0.25, 0.3) is 0 Å². The lowest BCUT2D eigenvalue weighted by Crippen LogP contribution is -2.51. The Bertz CT molecular complexity index is 582. The molecule has 21 heavy (non-hydrogen) atoms. The molecule has 1 saturated heterocycles. The summed E-state index contributed by atoms with van der Waals surface area (Å²) < 4.78 is 9.87. The first-order valence-electron chi connectivity index (χ1n) is 6.94. The van der Waals surface area contributed by atoms with Gasteiger partial charge in [-0.15, -0.1) is 0 Å². The fourth-order valence-electron chi connectivity index (χ4n) is 3.77. The number of ether oxygens (including phenoxy) is 2. The number of fused-ring (bicyclic) bond motifs is 3. The van der Waals surface area contributed by atoms with E-state index in [1.165, 1.54) is 14.2 Å². The van der Waals surface area contributed by atoms with E-state index in [-0.39, 0.29) is 6.04 Å². The SMILES string of the molecule is COC(=O)C1(C(=O)OC)CCN2c3ccccc3[C](C)C21. The predicted molar refractivity (Wildman–Crippen MR) is 76.7 cm³/mol. The second kappa shape index (κ2) is 4.76. The number of nitrogens with zero attached hydrogens (tertiary/aromatic N) is 1. The second-order valence-electron chi connectivity index (χ2n) is 5.50. The van der Waals surface area contributed by atoms with E-state index in [1.807, 2.05) is 31.2 Å². The largest absolute Gasteiger partial charge is 0.468 e. The third-order valence-electron chi connectivity index (χ3n) is 4.67. The average molecular weight is 288 g/mol. The monoisotopic (exact) mass is 288 g/mol. The molecular formula is C16H18NO4. The van der Waals surface area contributed by atoms with E-state index in [9.17, 15) is 9.59 Å². The van der Waals surface area contributed by atoms with Gasteiger partial charge >= 0.3 is 11.9 Å². The van der Waals surface area contributed by atoms with Crippen LogP contribution in [-0.2, 0) is 19.1 Å². The number of hydrogen-bond acceptors (Lipinski definition) is 5. The number of rotatable bonds is 2. The zero-order valence-corrected chi connectivity index (χ0v) is 12.4. The summed E-state index contributed by atoms with van der Waals surface area (Å²) in [5.74, 6) is -0.0260. The maximum absolute atomic E-state index is 12.4. The molecule has 1 aromatic rings. The molecule has 0 aromatic heterocycles. The Morgan fingerprint density at radius 1 is 1.19 bits per heavy atom. The zero-order chi connectivity index (χ0) is 15.2. The molecule has 1 atom stereocenters. The number of carbonyl (C=O) groups excluding carboxylic acids is 2. The lowest BCUT2D eigenvalue weighted by molar-refractivity contribution is -0.169. The van der Waals surface area contributed by atoms with Crippen LogP contribution in [0.15, 0.2) is 24.3 Å². The smallest absolute Gasteiger partial charge is 0.325 e. The van der Waals surface area contributed by atoms with E-state index in [0.29, 0.717) is 13.0 Å². The van der Waals surface area contributed by atoms with Gasteiger partial charge in [-0.2, -0.15) is 0 Å². The van der Waals surface area contributed by atoms with Crippen LogP contribution in [0.3, 0.4) is 0 Å². The molecule has 1 aromatic carbocycles. The third-order valence-corrected chi connectivity index (χ3v) is 4.67. The maximum atomic E-state index is 12.4. The van der Waals surface area contributed by atoms with Crippen molar-refractivity contribution in [2.45, 2.75) is 19.4 Å². The van der Waals surface area contributed by atoms with Gasteiger partial charge in [-0.05, 0) is 18.1 Å². The van der Waals surface area contributed by atoms with Gasteiger partial charge in [0.2, 0.25) is 0 Å². The van der Waals surface area contributed by atoms with Crippen molar-refractivity contribution in [2.75, 3.05) is 25.7 Å². The van der Waals surface area contributed by atoms with Gasteiger partial charge in [-0.3, -0.25) is 9.59 Å². The number of carbonyl (C=O) groups is 2. The minimum Gasteiger partial charge on any atom is -0.468 e. The highest BCUT2D eigenvalue weighted by Gasteiger charge is 2.64. The van der Waals surface area contributed by atoms with Crippen LogP contribution in [0.4, 0.5) is 5.69 Å². The summed E-state index contributed by atoms with van der Waals surface area (Å²) in [5.41, 5.74) is 0.876. The molecule has 0 amide bonds. The van der Waals surface area contributed by atoms with E-state index < -0.39 is 17.4 Å². The number of esters is 2. The highest BCUT2D eigenvalue weighted by Crippen LogP contribution is 2.53. The topological polar surface area (TPSA) is 55.8 Å². The summed E-state index contributed by atoms with van der Waals surface area (Å²) in [7, 11) is 2.63. The Labute approximate surface area is 123 Å². The van der Waals surface area contributed by atoms with Crippen LogP contribution < -0.4 is 4.90 Å². The van der Waals surface area contributed by atoms with Gasteiger partial charge in [0.15, 0.2) is 5.41 Å². The first-order chi connectivity index (χ1) is 10.1. The molecule has 5 heteroatoms. The highest BCUT2D eigenvalue weighted by atomic mass is 16.5. The molecule has 1 unspecified atom stereocenters. The third kappa shape index (κ3) is 1.63. The van der Waals surface area contributed by atoms with Gasteiger partial charge in [0.25, 0.3) is 0 Å². The number of para-hydroxylation sites is 1. The molecule has 2 aliphatic rings. The van der Waals surface area contributed by atoms with Crippen LogP contribution in [-0.4, -0.2) is 38.7 Å². The maximum Gasteiger partial charge on any atom is 0.325 e. The van der Waals surface area contributed by atoms with Crippen molar-refractivity contribution in [2.24, 2.45) is 5.41 Å². The van der Waals surface area contributed by atoms with Crippen LogP contribution >= 0.6 is 0 Å². The molecular weight excluding hydrogens is 270 g/mol. The van der Waals surface area contributed by atoms with Crippen molar-refractivity contribution < 1.29 is 19.1 Å². The molecule has 0 saturated carbocycles. The summed E-state index contributed by atoms with van der Waals surface area (Å²) in [4.78, 5) is 26.9. The van der Waals surface area contributed by atoms with Gasteiger partial charge in [-0.25, -0.2) is 0 Å². The van der Waals surface area contributed by atoms with Gasteiger partial charge < -0.3 is 14.4 Å². The van der Waals surface area contributed by atoms with Crippen LogP contribution in [0.5, 0.6) is 0 Å². The van der Waals surface area contributed by atoms with Gasteiger partial charge in [-0.1, -0.05) is 25.1 Å². The molecule has 111 valence electrons. The highest BCUT2D eigenvalue weighted by molar-refractivity contribution is 6.03. The van der Waals surface area contributed by atoms with Crippen molar-refractivity contribution >= 4 is 17.6 Å². The number of methoxy groups -OCH3 is 2. The zero-order valence-electron chi connectivity index (χ0n) is 12.4. The Hall–Kier alpha value is -2.04. The predicted octanol–water partition coefficient (Wildman–Crippen LogP) is 1.55. The molecule has 1 radical (unpaired) electrons. The second-order valence-corrected chi connectivity index (χ2v) is 5.50. The van der Waals surface area contributed by atoms with Gasteiger partial charge in [0.1, 0.15) is 0 Å². The van der Waals surface area contributed by atoms with E-state index in [1.54, 1.807) is 0 Å². The molecule has 2 aliphatic heterocycles. The lowest BCUT2D eigenvalue weighted by Gasteiger charge is -2.32. The number of benzene rings is 1. The quantitative estimate of drug-likeness (QED) is 0.610. The summed E-state index contributed by atoms with van der Waals surface area (Å²) >= 11 is 0. The molecule has 1 fully saturated rings. The van der Waals surface area contributed by atoms with Crippen LogP contribution in [0.1, 0.15) is 18.9 Å². The van der Waals surface area contributed by atoms with Crippen molar-refractivity contribution in [3.63, 3.8) is 0 Å². The average Bonchev–Trinajstić information content (AvgIpc) is 3.05. The number of hydrogen-bond donors (Lipinski definition) is 0. The molecule has 3 rings (SSSR count). The Morgan fingerprint density at radius 3 is 2.43 bits per heavy atom. The first-order valence-corrected chi connectivity index (χ1v) is 6.94. The van der Waals surface area contributed by atoms with Crippen molar-refractivity contribution in [3.8, 4) is 0 Å². The van der Waals surface area contributed by atoms with Gasteiger partial charge in [0, 0.05) is 18.2 Å². The van der Waals surface area contributed by atoms with E-state index in [2.05, 4.69) is 4.90 Å². The van der Waals surface area contributed by atoms with Crippen LogP contribution in [0.2, 0.25) is 0 Å². The molecule has 0 N–H and O–H groups in total. The van der Waals surface area contributed by atoms with Crippen LogP contribution in [0, 0.1) is 11.3 Å². The van der Waals surface area contributed by atoms with E-state index in [4.69, 9.17) is 9.47 Å². The normalized spacial score (nSPS) is 22.6. The summed E-state index contributed by atoms with van der Waals surface area (Å²) in [6.07, 6.45) is 0.405. The molecule has 0 spiro atoms. The van der Waals surface area contributed by atoms with Crippen molar-refractivity contribution in [1.29, 1.82) is 0 Å². The standard InChI is InChI=1S/C16H18NO4/c1-10-11-6-4-5-7-12(11)17-9-8-16(13(10)17,14(18)20-2)15(19)21-3/h4-7,13H,8-9H2,1-3H3.